The number of aryl methyl sites for hydroxylation is 2. The third-order valence-electron chi connectivity index (χ3n) is 5.99. The lowest BCUT2D eigenvalue weighted by atomic mass is 10.0. The van der Waals surface area contributed by atoms with Crippen molar-refractivity contribution >= 4 is 5.96 Å². The second-order valence-electron chi connectivity index (χ2n) is 8.43. The van der Waals surface area contributed by atoms with E-state index in [1.165, 1.54) is 50.0 Å². The van der Waals surface area contributed by atoms with Crippen LogP contribution in [0.1, 0.15) is 63.4 Å². The Morgan fingerprint density at radius 1 is 1.11 bits per heavy atom. The second-order valence-corrected chi connectivity index (χ2v) is 8.43. The Bertz CT molecular complexity index is 611. The topological polar surface area (TPSA) is 57.5 Å². The number of hydrogen-bond acceptors (Lipinski definition) is 3. The van der Waals surface area contributed by atoms with Gasteiger partial charge in [-0.1, -0.05) is 26.7 Å². The van der Waals surface area contributed by atoms with E-state index in [0.29, 0.717) is 12.0 Å². The standard InChI is InChI=1S/C22H42N6/c1-7-23-22(24-13-12-20-18(4)26-27(6)19(20)5)25-16-21(17(2)3)28-14-10-8-9-11-15-28/h17,21H,7-16H2,1-6H3,(H2,23,24,25). The van der Waals surface area contributed by atoms with Gasteiger partial charge in [0.25, 0.3) is 0 Å². The summed E-state index contributed by atoms with van der Waals surface area (Å²) < 4.78 is 1.97. The number of likely N-dealkylation sites (tertiary alicyclic amines) is 1. The molecule has 1 atom stereocenters. The molecule has 160 valence electrons. The third kappa shape index (κ3) is 6.50. The van der Waals surface area contributed by atoms with Crippen LogP contribution in [0.25, 0.3) is 0 Å². The van der Waals surface area contributed by atoms with Gasteiger partial charge in [0.2, 0.25) is 0 Å². The molecule has 1 aliphatic heterocycles. The van der Waals surface area contributed by atoms with Crippen molar-refractivity contribution < 1.29 is 0 Å². The number of nitrogens with one attached hydrogen (secondary N) is 2. The SMILES string of the molecule is CCNC(=NCC(C(C)C)N1CCCCCC1)NCCc1c(C)nn(C)c1C. The quantitative estimate of drug-likeness (QED) is 0.529. The van der Waals surface area contributed by atoms with Crippen molar-refractivity contribution in [3.05, 3.63) is 17.0 Å². The molecule has 1 fully saturated rings. The van der Waals surface area contributed by atoms with E-state index >= 15 is 0 Å². The van der Waals surface area contributed by atoms with Gasteiger partial charge in [-0.25, -0.2) is 0 Å². The summed E-state index contributed by atoms with van der Waals surface area (Å²) in [5, 5.41) is 11.5. The molecule has 2 heterocycles. The molecule has 0 spiro atoms. The lowest BCUT2D eigenvalue weighted by Crippen LogP contribution is -2.44. The molecule has 6 nitrogen and oxygen atoms in total. The molecule has 1 saturated heterocycles. The second kappa shape index (κ2) is 11.4. The number of rotatable bonds is 8. The summed E-state index contributed by atoms with van der Waals surface area (Å²) in [4.78, 5) is 7.63. The predicted octanol–water partition coefficient (Wildman–Crippen LogP) is 3.04. The Morgan fingerprint density at radius 2 is 1.79 bits per heavy atom. The van der Waals surface area contributed by atoms with Gasteiger partial charge in [-0.3, -0.25) is 14.6 Å². The molecular weight excluding hydrogens is 348 g/mol. The fourth-order valence-electron chi connectivity index (χ4n) is 4.19. The monoisotopic (exact) mass is 390 g/mol. The minimum atomic E-state index is 0.524. The Morgan fingerprint density at radius 3 is 2.32 bits per heavy atom. The first-order valence-corrected chi connectivity index (χ1v) is 11.2. The van der Waals surface area contributed by atoms with E-state index in [1.807, 2.05) is 11.7 Å². The summed E-state index contributed by atoms with van der Waals surface area (Å²) in [6.07, 6.45) is 6.38. The van der Waals surface area contributed by atoms with Gasteiger partial charge in [0, 0.05) is 31.9 Å². The van der Waals surface area contributed by atoms with Gasteiger partial charge in [-0.2, -0.15) is 5.10 Å². The Labute approximate surface area is 172 Å². The lowest BCUT2D eigenvalue weighted by Gasteiger charge is -2.32. The minimum Gasteiger partial charge on any atom is -0.357 e. The zero-order chi connectivity index (χ0) is 20.5. The van der Waals surface area contributed by atoms with E-state index in [-0.39, 0.29) is 0 Å². The van der Waals surface area contributed by atoms with E-state index in [0.717, 1.165) is 37.7 Å². The van der Waals surface area contributed by atoms with Gasteiger partial charge in [-0.05, 0) is 64.6 Å². The van der Waals surface area contributed by atoms with Crippen molar-refractivity contribution in [2.75, 3.05) is 32.7 Å². The van der Waals surface area contributed by atoms with Crippen LogP contribution in [0.2, 0.25) is 0 Å². The highest BCUT2D eigenvalue weighted by atomic mass is 15.3. The molecular formula is C22H42N6. The summed E-state index contributed by atoms with van der Waals surface area (Å²) in [6.45, 7) is 16.1. The van der Waals surface area contributed by atoms with Crippen molar-refractivity contribution in [3.63, 3.8) is 0 Å². The Kier molecular flexibility index (Phi) is 9.29. The number of aliphatic imine (C=N–C) groups is 1. The molecule has 0 bridgehead atoms. The third-order valence-corrected chi connectivity index (χ3v) is 5.99. The maximum atomic E-state index is 4.95. The average molecular weight is 391 g/mol. The van der Waals surface area contributed by atoms with E-state index in [9.17, 15) is 0 Å². The predicted molar refractivity (Wildman–Crippen MR) is 119 cm³/mol. The maximum absolute atomic E-state index is 4.95. The molecule has 2 rings (SSSR count). The smallest absolute Gasteiger partial charge is 0.191 e. The van der Waals surface area contributed by atoms with Gasteiger partial charge in [0.1, 0.15) is 0 Å². The van der Waals surface area contributed by atoms with Gasteiger partial charge in [0.05, 0.1) is 12.2 Å². The first-order valence-electron chi connectivity index (χ1n) is 11.2. The fourth-order valence-corrected chi connectivity index (χ4v) is 4.19. The Balaban J connectivity index is 1.95. The lowest BCUT2D eigenvalue weighted by molar-refractivity contribution is 0.166. The highest BCUT2D eigenvalue weighted by Gasteiger charge is 2.22. The van der Waals surface area contributed by atoms with E-state index in [2.05, 4.69) is 55.3 Å². The van der Waals surface area contributed by atoms with Crippen molar-refractivity contribution in [1.82, 2.24) is 25.3 Å². The zero-order valence-electron chi connectivity index (χ0n) is 19.0. The molecule has 1 aromatic heterocycles. The molecule has 1 unspecified atom stereocenters. The van der Waals surface area contributed by atoms with Crippen LogP contribution in [-0.4, -0.2) is 59.4 Å². The number of aromatic nitrogens is 2. The first kappa shape index (κ1) is 22.7. The number of guanidine groups is 1. The summed E-state index contributed by atoms with van der Waals surface area (Å²) in [5.41, 5.74) is 3.72. The average Bonchev–Trinajstić information content (AvgIpc) is 2.85. The fraction of sp³-hybridized carbons (Fsp3) is 0.818. The summed E-state index contributed by atoms with van der Waals surface area (Å²) in [5.74, 6) is 1.55. The van der Waals surface area contributed by atoms with E-state index < -0.39 is 0 Å². The molecule has 28 heavy (non-hydrogen) atoms. The molecule has 0 amide bonds. The van der Waals surface area contributed by atoms with Crippen LogP contribution in [-0.2, 0) is 13.5 Å². The maximum Gasteiger partial charge on any atom is 0.191 e. The normalized spacial score (nSPS) is 17.6. The molecule has 0 saturated carbocycles. The molecule has 1 aromatic rings. The van der Waals surface area contributed by atoms with Crippen LogP contribution >= 0.6 is 0 Å². The van der Waals surface area contributed by atoms with Crippen LogP contribution < -0.4 is 10.6 Å². The van der Waals surface area contributed by atoms with Crippen LogP contribution in [0.4, 0.5) is 0 Å². The van der Waals surface area contributed by atoms with E-state index in [4.69, 9.17) is 4.99 Å². The number of hydrogen-bond donors (Lipinski definition) is 2. The molecule has 0 aromatic carbocycles. The highest BCUT2D eigenvalue weighted by molar-refractivity contribution is 5.79. The van der Waals surface area contributed by atoms with Gasteiger partial charge in [0.15, 0.2) is 5.96 Å². The zero-order valence-corrected chi connectivity index (χ0v) is 19.0. The van der Waals surface area contributed by atoms with Crippen LogP contribution in [0, 0.1) is 19.8 Å². The molecule has 0 radical (unpaired) electrons. The number of nitrogens with zero attached hydrogens (tertiary/aromatic N) is 4. The molecule has 6 heteroatoms. The van der Waals surface area contributed by atoms with Gasteiger partial charge in [-0.15, -0.1) is 0 Å². The summed E-state index contributed by atoms with van der Waals surface area (Å²) in [7, 11) is 2.01. The minimum absolute atomic E-state index is 0.524. The van der Waals surface area contributed by atoms with Gasteiger partial charge < -0.3 is 10.6 Å². The van der Waals surface area contributed by atoms with Crippen molar-refractivity contribution in [2.24, 2.45) is 18.0 Å². The molecule has 0 aliphatic carbocycles. The molecule has 2 N–H and O–H groups in total. The van der Waals surface area contributed by atoms with Crippen molar-refractivity contribution in [1.29, 1.82) is 0 Å². The molecule has 1 aliphatic rings. The Hall–Kier alpha value is -1.56. The largest absolute Gasteiger partial charge is 0.357 e. The summed E-state index contributed by atoms with van der Waals surface area (Å²) >= 11 is 0. The van der Waals surface area contributed by atoms with Crippen LogP contribution in [0.5, 0.6) is 0 Å². The highest BCUT2D eigenvalue weighted by Crippen LogP contribution is 2.18. The van der Waals surface area contributed by atoms with Crippen LogP contribution in [0.15, 0.2) is 4.99 Å². The van der Waals surface area contributed by atoms with E-state index in [1.54, 1.807) is 0 Å². The van der Waals surface area contributed by atoms with Crippen LogP contribution in [0.3, 0.4) is 0 Å². The summed E-state index contributed by atoms with van der Waals surface area (Å²) in [6, 6.07) is 0.524. The van der Waals surface area contributed by atoms with Gasteiger partial charge >= 0.3 is 0 Å². The van der Waals surface area contributed by atoms with Crippen molar-refractivity contribution in [3.8, 4) is 0 Å². The first-order chi connectivity index (χ1) is 13.4. The van der Waals surface area contributed by atoms with Crippen molar-refractivity contribution in [2.45, 2.75) is 72.8 Å².